The van der Waals surface area contributed by atoms with Crippen molar-refractivity contribution in [1.82, 2.24) is 9.80 Å². The number of hydrogen-bond acceptors (Lipinski definition) is 4. The van der Waals surface area contributed by atoms with Crippen LogP contribution in [0.5, 0.6) is 5.75 Å². The van der Waals surface area contributed by atoms with E-state index < -0.39 is 0 Å². The number of carbonyl (C=O) groups excluding carboxylic acids is 2. The van der Waals surface area contributed by atoms with Gasteiger partial charge in [-0.05, 0) is 43.7 Å². The van der Waals surface area contributed by atoms with Gasteiger partial charge >= 0.3 is 0 Å². The highest BCUT2D eigenvalue weighted by Gasteiger charge is 2.37. The van der Waals surface area contributed by atoms with Crippen LogP contribution in [0, 0.1) is 0 Å². The van der Waals surface area contributed by atoms with Crippen molar-refractivity contribution < 1.29 is 19.1 Å². The first-order chi connectivity index (χ1) is 13.1. The summed E-state index contributed by atoms with van der Waals surface area (Å²) in [5, 5.41) is 0. The van der Waals surface area contributed by atoms with Gasteiger partial charge in [-0.3, -0.25) is 9.59 Å². The Kier molecular flexibility index (Phi) is 6.72. The Labute approximate surface area is 161 Å². The molecule has 1 aromatic carbocycles. The van der Waals surface area contributed by atoms with E-state index in [-0.39, 0.29) is 37.1 Å². The number of fused-ring (bicyclic) bond motifs is 2. The van der Waals surface area contributed by atoms with E-state index in [4.69, 9.17) is 9.47 Å². The number of benzene rings is 1. The van der Waals surface area contributed by atoms with Crippen LogP contribution in [0.3, 0.4) is 0 Å². The average Bonchev–Trinajstić information content (AvgIpc) is 2.68. The fourth-order valence-electron chi connectivity index (χ4n) is 4.30. The van der Waals surface area contributed by atoms with Crippen molar-refractivity contribution in [1.29, 1.82) is 0 Å². The number of carbonyl (C=O) groups is 2. The second-order valence-corrected chi connectivity index (χ2v) is 7.44. The van der Waals surface area contributed by atoms with Gasteiger partial charge in [-0.25, -0.2) is 0 Å². The van der Waals surface area contributed by atoms with Gasteiger partial charge in [-0.2, -0.15) is 0 Å². The minimum atomic E-state index is -0.0404. The lowest BCUT2D eigenvalue weighted by atomic mass is 9.90. The van der Waals surface area contributed by atoms with Crippen LogP contribution in [-0.2, 0) is 20.7 Å². The molecule has 0 bridgehead atoms. The fourth-order valence-corrected chi connectivity index (χ4v) is 4.30. The molecule has 0 radical (unpaired) electrons. The van der Waals surface area contributed by atoms with Crippen molar-refractivity contribution in [2.75, 3.05) is 33.9 Å². The van der Waals surface area contributed by atoms with E-state index in [1.807, 2.05) is 30.1 Å². The number of para-hydroxylation sites is 1. The van der Waals surface area contributed by atoms with Gasteiger partial charge in [0, 0.05) is 20.7 Å². The molecule has 2 heterocycles. The quantitative estimate of drug-likeness (QED) is 0.797. The van der Waals surface area contributed by atoms with Gasteiger partial charge < -0.3 is 19.3 Å². The highest BCUT2D eigenvalue weighted by Crippen LogP contribution is 2.28. The minimum Gasteiger partial charge on any atom is -0.483 e. The molecular weight excluding hydrogens is 344 g/mol. The number of likely N-dealkylation sites (N-methyl/N-ethyl adjacent to an activating group) is 1. The number of aryl methyl sites for hydroxylation is 1. The first-order valence-corrected chi connectivity index (χ1v) is 9.86. The van der Waals surface area contributed by atoms with E-state index >= 15 is 0 Å². The molecule has 27 heavy (non-hydrogen) atoms. The third-order valence-corrected chi connectivity index (χ3v) is 5.74. The van der Waals surface area contributed by atoms with Crippen LogP contribution >= 0.6 is 0 Å². The van der Waals surface area contributed by atoms with Gasteiger partial charge in [0.1, 0.15) is 12.4 Å². The summed E-state index contributed by atoms with van der Waals surface area (Å²) < 4.78 is 10.9. The van der Waals surface area contributed by atoms with E-state index in [0.717, 1.165) is 56.4 Å². The van der Waals surface area contributed by atoms with E-state index in [9.17, 15) is 9.59 Å². The normalized spacial score (nSPS) is 24.1. The topological polar surface area (TPSA) is 59.1 Å². The Hall–Kier alpha value is -2.08. The summed E-state index contributed by atoms with van der Waals surface area (Å²) in [5.74, 6) is 0.778. The third kappa shape index (κ3) is 4.61. The molecule has 3 rings (SSSR count). The number of nitrogens with zero attached hydrogens (tertiary/aromatic N) is 2. The van der Waals surface area contributed by atoms with Gasteiger partial charge in [0.15, 0.2) is 6.61 Å². The van der Waals surface area contributed by atoms with Crippen molar-refractivity contribution in [3.05, 3.63) is 29.8 Å². The molecule has 148 valence electrons. The smallest absolute Gasteiger partial charge is 0.260 e. The number of likely N-dealkylation sites (tertiary alicyclic amines) is 1. The van der Waals surface area contributed by atoms with Crippen molar-refractivity contribution in [3.8, 4) is 5.75 Å². The van der Waals surface area contributed by atoms with E-state index in [2.05, 4.69) is 6.07 Å². The van der Waals surface area contributed by atoms with Crippen LogP contribution < -0.4 is 4.74 Å². The summed E-state index contributed by atoms with van der Waals surface area (Å²) in [7, 11) is 3.39. The Morgan fingerprint density at radius 3 is 2.78 bits per heavy atom. The molecule has 6 heteroatoms. The van der Waals surface area contributed by atoms with E-state index in [1.54, 1.807) is 12.0 Å². The summed E-state index contributed by atoms with van der Waals surface area (Å²) >= 11 is 0. The summed E-state index contributed by atoms with van der Waals surface area (Å²) in [5.41, 5.74) is 1.14. The van der Waals surface area contributed by atoms with Gasteiger partial charge in [0.2, 0.25) is 5.91 Å². The number of rotatable bonds is 2. The first kappa shape index (κ1) is 19.7. The lowest BCUT2D eigenvalue weighted by molar-refractivity contribution is -0.146. The van der Waals surface area contributed by atoms with Crippen LogP contribution in [0.2, 0.25) is 0 Å². The maximum Gasteiger partial charge on any atom is 0.260 e. The second-order valence-electron chi connectivity index (χ2n) is 7.44. The Bertz CT molecular complexity index is 663. The minimum absolute atomic E-state index is 0.0155. The molecule has 1 saturated heterocycles. The van der Waals surface area contributed by atoms with Crippen molar-refractivity contribution in [2.45, 2.75) is 50.6 Å². The zero-order valence-electron chi connectivity index (χ0n) is 16.4. The van der Waals surface area contributed by atoms with Crippen LogP contribution in [0.25, 0.3) is 0 Å². The van der Waals surface area contributed by atoms with Crippen LogP contribution in [0.1, 0.15) is 37.7 Å². The number of amides is 2. The summed E-state index contributed by atoms with van der Waals surface area (Å²) in [6.07, 6.45) is 5.68. The lowest BCUT2D eigenvalue weighted by Crippen LogP contribution is -2.58. The molecule has 2 atom stereocenters. The van der Waals surface area contributed by atoms with Crippen LogP contribution in [0.4, 0.5) is 0 Å². The number of piperidine rings is 1. The van der Waals surface area contributed by atoms with Crippen LogP contribution in [-0.4, -0.2) is 67.6 Å². The number of methoxy groups -OCH3 is 1. The number of ether oxygens (including phenoxy) is 2. The van der Waals surface area contributed by atoms with Crippen molar-refractivity contribution in [2.24, 2.45) is 0 Å². The highest BCUT2D eigenvalue weighted by atomic mass is 16.5. The molecule has 6 nitrogen and oxygen atoms in total. The molecule has 2 aliphatic rings. The monoisotopic (exact) mass is 374 g/mol. The molecule has 0 spiro atoms. The summed E-state index contributed by atoms with van der Waals surface area (Å²) in [4.78, 5) is 29.0. The molecule has 1 aromatic rings. The predicted molar refractivity (Wildman–Crippen MR) is 103 cm³/mol. The standard InChI is InChI=1S/C21H30N2O4/c1-22-17-11-7-13-23(21(25)14-26-2)18(17)10-5-3-8-16-9-4-6-12-19(16)27-15-20(22)24/h4,6,9,12,17-18H,3,5,7-8,10-11,13-15H2,1-2H3/t17-,18-/m1/s1. The van der Waals surface area contributed by atoms with Crippen molar-refractivity contribution in [3.63, 3.8) is 0 Å². The number of hydrogen-bond donors (Lipinski definition) is 0. The molecule has 0 unspecified atom stereocenters. The fraction of sp³-hybridized carbons (Fsp3) is 0.619. The third-order valence-electron chi connectivity index (χ3n) is 5.74. The van der Waals surface area contributed by atoms with E-state index in [1.165, 1.54) is 0 Å². The molecule has 2 aliphatic heterocycles. The van der Waals surface area contributed by atoms with Crippen LogP contribution in [0.15, 0.2) is 24.3 Å². The maximum atomic E-state index is 12.8. The molecule has 0 aliphatic carbocycles. The molecule has 2 amide bonds. The van der Waals surface area contributed by atoms with Gasteiger partial charge in [-0.15, -0.1) is 0 Å². The van der Waals surface area contributed by atoms with Gasteiger partial charge in [0.05, 0.1) is 12.1 Å². The van der Waals surface area contributed by atoms with E-state index in [0.29, 0.717) is 0 Å². The lowest BCUT2D eigenvalue weighted by Gasteiger charge is -2.45. The zero-order chi connectivity index (χ0) is 19.2. The predicted octanol–water partition coefficient (Wildman–Crippen LogP) is 2.26. The van der Waals surface area contributed by atoms with Crippen molar-refractivity contribution >= 4 is 11.8 Å². The first-order valence-electron chi connectivity index (χ1n) is 9.86. The molecule has 0 saturated carbocycles. The Morgan fingerprint density at radius 2 is 1.96 bits per heavy atom. The SMILES string of the molecule is COCC(=O)N1CCC[C@@H]2[C@H]1CCCCc1ccccc1OCC(=O)N2C. The average molecular weight is 374 g/mol. The molecule has 1 fully saturated rings. The Morgan fingerprint density at radius 1 is 1.19 bits per heavy atom. The Balaban J connectivity index is 1.81. The summed E-state index contributed by atoms with van der Waals surface area (Å²) in [6, 6.07) is 8.02. The zero-order valence-corrected chi connectivity index (χ0v) is 16.4. The summed E-state index contributed by atoms with van der Waals surface area (Å²) in [6.45, 7) is 0.866. The second kappa shape index (κ2) is 9.22. The van der Waals surface area contributed by atoms with Gasteiger partial charge in [-0.1, -0.05) is 24.6 Å². The molecule has 0 aromatic heterocycles. The maximum absolute atomic E-state index is 12.8. The molecule has 0 N–H and O–H groups in total. The largest absolute Gasteiger partial charge is 0.483 e. The molecular formula is C21H30N2O4. The van der Waals surface area contributed by atoms with Gasteiger partial charge in [0.25, 0.3) is 5.91 Å². The highest BCUT2D eigenvalue weighted by molar-refractivity contribution is 5.79.